The molecule has 0 fully saturated rings. The summed E-state index contributed by atoms with van der Waals surface area (Å²) in [6.45, 7) is 0. The maximum atomic E-state index is 13.3. The summed E-state index contributed by atoms with van der Waals surface area (Å²) in [4.78, 5) is 11.8. The summed E-state index contributed by atoms with van der Waals surface area (Å²) in [5, 5.41) is 2.23. The largest absolute Gasteiger partial charge is 0.399 e. The molecule has 0 unspecified atom stereocenters. The molecule has 0 aliphatic heterocycles. The summed E-state index contributed by atoms with van der Waals surface area (Å²) in [6.07, 6.45) is 2.94. The Morgan fingerprint density at radius 2 is 1.86 bits per heavy atom. The number of nitrogen functional groups attached to an aromatic ring is 1. The van der Waals surface area contributed by atoms with Crippen LogP contribution in [0.3, 0.4) is 0 Å². The van der Waals surface area contributed by atoms with Crippen LogP contribution in [0.2, 0.25) is 10.0 Å². The lowest BCUT2D eigenvalue weighted by Crippen LogP contribution is -2.08. The summed E-state index contributed by atoms with van der Waals surface area (Å²) in [7, 11) is 0. The third-order valence-electron chi connectivity index (χ3n) is 2.59. The lowest BCUT2D eigenvalue weighted by atomic mass is 10.2. The minimum atomic E-state index is -0.716. The smallest absolute Gasteiger partial charge is 0.248 e. The van der Waals surface area contributed by atoms with Crippen LogP contribution in [-0.2, 0) is 4.79 Å². The van der Waals surface area contributed by atoms with Gasteiger partial charge >= 0.3 is 0 Å². The summed E-state index contributed by atoms with van der Waals surface area (Å²) in [6, 6.07) is 9.65. The van der Waals surface area contributed by atoms with Crippen molar-refractivity contribution in [2.75, 3.05) is 11.1 Å². The Morgan fingerprint density at radius 1 is 1.19 bits per heavy atom. The molecule has 0 heterocycles. The van der Waals surface area contributed by atoms with Gasteiger partial charge in [-0.2, -0.15) is 0 Å². The number of anilines is 2. The molecule has 2 rings (SSSR count). The number of carbonyl (C=O) groups is 1. The first-order valence-corrected chi connectivity index (χ1v) is 6.70. The van der Waals surface area contributed by atoms with Crippen molar-refractivity contribution in [1.29, 1.82) is 0 Å². The standard InChI is InChI=1S/C15H11Cl2FN2O/c16-12-7-11(8-13(17)15(12)18)20-14(21)5-4-9-2-1-3-10(19)6-9/h1-8H,19H2,(H,20,21)/b5-4+. The predicted octanol–water partition coefficient (Wildman–Crippen LogP) is 4.37. The monoisotopic (exact) mass is 324 g/mol. The van der Waals surface area contributed by atoms with Gasteiger partial charge in [0, 0.05) is 17.5 Å². The van der Waals surface area contributed by atoms with Crippen molar-refractivity contribution in [2.24, 2.45) is 0 Å². The van der Waals surface area contributed by atoms with Gasteiger partial charge in [0.15, 0.2) is 5.82 Å². The molecule has 0 aromatic heterocycles. The molecule has 0 saturated heterocycles. The van der Waals surface area contributed by atoms with Crippen molar-refractivity contribution in [3.63, 3.8) is 0 Å². The van der Waals surface area contributed by atoms with E-state index in [9.17, 15) is 9.18 Å². The van der Waals surface area contributed by atoms with E-state index < -0.39 is 11.7 Å². The highest BCUT2D eigenvalue weighted by Crippen LogP contribution is 2.27. The van der Waals surface area contributed by atoms with Gasteiger partial charge in [-0.1, -0.05) is 35.3 Å². The highest BCUT2D eigenvalue weighted by Gasteiger charge is 2.08. The molecule has 0 aliphatic carbocycles. The van der Waals surface area contributed by atoms with Crippen molar-refractivity contribution >= 4 is 46.6 Å². The van der Waals surface area contributed by atoms with E-state index in [0.717, 1.165) is 5.56 Å². The van der Waals surface area contributed by atoms with E-state index in [1.165, 1.54) is 18.2 Å². The lowest BCUT2D eigenvalue weighted by Gasteiger charge is -2.05. The fourth-order valence-corrected chi connectivity index (χ4v) is 2.13. The van der Waals surface area contributed by atoms with Gasteiger partial charge in [-0.05, 0) is 35.9 Å². The first-order valence-electron chi connectivity index (χ1n) is 5.95. The Balaban J connectivity index is 2.08. The Kier molecular flexibility index (Phi) is 4.83. The molecule has 3 N–H and O–H groups in total. The number of amides is 1. The second kappa shape index (κ2) is 6.61. The Morgan fingerprint density at radius 3 is 2.48 bits per heavy atom. The predicted molar refractivity (Wildman–Crippen MR) is 84.9 cm³/mol. The van der Waals surface area contributed by atoms with E-state index in [-0.39, 0.29) is 10.0 Å². The van der Waals surface area contributed by atoms with Crippen molar-refractivity contribution in [2.45, 2.75) is 0 Å². The maximum Gasteiger partial charge on any atom is 0.248 e. The Bertz CT molecular complexity index is 694. The van der Waals surface area contributed by atoms with Gasteiger partial charge in [0.25, 0.3) is 0 Å². The van der Waals surface area contributed by atoms with E-state index in [1.807, 2.05) is 6.07 Å². The molecule has 0 aliphatic rings. The zero-order valence-electron chi connectivity index (χ0n) is 10.7. The molecule has 3 nitrogen and oxygen atoms in total. The number of carbonyl (C=O) groups excluding carboxylic acids is 1. The van der Waals surface area contributed by atoms with Crippen LogP contribution in [0.1, 0.15) is 5.56 Å². The molecule has 0 atom stereocenters. The zero-order chi connectivity index (χ0) is 15.4. The fourth-order valence-electron chi connectivity index (χ4n) is 1.65. The van der Waals surface area contributed by atoms with Crippen LogP contribution in [0.25, 0.3) is 6.08 Å². The number of hydrogen-bond donors (Lipinski definition) is 2. The van der Waals surface area contributed by atoms with E-state index in [4.69, 9.17) is 28.9 Å². The molecule has 0 radical (unpaired) electrons. The number of halogens is 3. The fraction of sp³-hybridized carbons (Fsp3) is 0. The minimum absolute atomic E-state index is 0.155. The summed E-state index contributed by atoms with van der Waals surface area (Å²) in [5.41, 5.74) is 7.35. The summed E-state index contributed by atoms with van der Waals surface area (Å²) in [5.74, 6) is -1.11. The number of nitrogens with one attached hydrogen (secondary N) is 1. The van der Waals surface area contributed by atoms with Crippen LogP contribution >= 0.6 is 23.2 Å². The quantitative estimate of drug-likeness (QED) is 0.500. The maximum absolute atomic E-state index is 13.3. The van der Waals surface area contributed by atoms with Crippen molar-refractivity contribution in [1.82, 2.24) is 0 Å². The SMILES string of the molecule is Nc1cccc(/C=C/C(=O)Nc2cc(Cl)c(F)c(Cl)c2)c1. The van der Waals surface area contributed by atoms with Crippen LogP contribution in [0, 0.1) is 5.82 Å². The Labute approximate surface area is 131 Å². The topological polar surface area (TPSA) is 55.1 Å². The molecular formula is C15H11Cl2FN2O. The average Bonchev–Trinajstić information content (AvgIpc) is 2.42. The third kappa shape index (κ3) is 4.21. The van der Waals surface area contributed by atoms with Gasteiger partial charge in [-0.15, -0.1) is 0 Å². The number of nitrogens with two attached hydrogens (primary N) is 1. The molecule has 1 amide bonds. The molecule has 2 aromatic rings. The Hall–Kier alpha value is -2.04. The minimum Gasteiger partial charge on any atom is -0.399 e. The van der Waals surface area contributed by atoms with Crippen LogP contribution in [-0.4, -0.2) is 5.91 Å². The molecular weight excluding hydrogens is 314 g/mol. The van der Waals surface area contributed by atoms with E-state index in [1.54, 1.807) is 24.3 Å². The van der Waals surface area contributed by atoms with Crippen LogP contribution in [0.4, 0.5) is 15.8 Å². The molecule has 108 valence electrons. The number of benzene rings is 2. The molecule has 2 aromatic carbocycles. The average molecular weight is 325 g/mol. The zero-order valence-corrected chi connectivity index (χ0v) is 12.3. The van der Waals surface area contributed by atoms with Crippen molar-refractivity contribution in [3.8, 4) is 0 Å². The third-order valence-corrected chi connectivity index (χ3v) is 3.14. The molecule has 0 spiro atoms. The number of rotatable bonds is 3. The van der Waals surface area contributed by atoms with Gasteiger partial charge in [-0.3, -0.25) is 4.79 Å². The molecule has 6 heteroatoms. The van der Waals surface area contributed by atoms with Crippen molar-refractivity contribution < 1.29 is 9.18 Å². The molecule has 0 bridgehead atoms. The van der Waals surface area contributed by atoms with Gasteiger partial charge in [0.2, 0.25) is 5.91 Å². The van der Waals surface area contributed by atoms with Gasteiger partial charge in [-0.25, -0.2) is 4.39 Å². The van der Waals surface area contributed by atoms with Gasteiger partial charge in [0.1, 0.15) is 0 Å². The van der Waals surface area contributed by atoms with E-state index >= 15 is 0 Å². The summed E-state index contributed by atoms with van der Waals surface area (Å²) >= 11 is 11.3. The van der Waals surface area contributed by atoms with Crippen LogP contribution in [0.5, 0.6) is 0 Å². The second-order valence-corrected chi connectivity index (χ2v) is 5.06. The van der Waals surface area contributed by atoms with Crippen molar-refractivity contribution in [3.05, 3.63) is 63.9 Å². The first kappa shape index (κ1) is 15.4. The van der Waals surface area contributed by atoms with Crippen LogP contribution < -0.4 is 11.1 Å². The lowest BCUT2D eigenvalue weighted by molar-refractivity contribution is -0.111. The first-order chi connectivity index (χ1) is 9.95. The highest BCUT2D eigenvalue weighted by atomic mass is 35.5. The highest BCUT2D eigenvalue weighted by molar-refractivity contribution is 6.35. The number of hydrogen-bond acceptors (Lipinski definition) is 2. The molecule has 0 saturated carbocycles. The normalized spacial score (nSPS) is 10.8. The van der Waals surface area contributed by atoms with Gasteiger partial charge in [0.05, 0.1) is 10.0 Å². The second-order valence-electron chi connectivity index (χ2n) is 4.25. The molecule has 21 heavy (non-hydrogen) atoms. The van der Waals surface area contributed by atoms with E-state index in [0.29, 0.717) is 11.4 Å². The van der Waals surface area contributed by atoms with Crippen LogP contribution in [0.15, 0.2) is 42.5 Å². The van der Waals surface area contributed by atoms with Gasteiger partial charge < -0.3 is 11.1 Å². The van der Waals surface area contributed by atoms with E-state index in [2.05, 4.69) is 5.32 Å². The summed E-state index contributed by atoms with van der Waals surface area (Å²) < 4.78 is 13.3.